The highest BCUT2D eigenvalue weighted by Crippen LogP contribution is 2.29. The Morgan fingerprint density at radius 3 is 2.87 bits per heavy atom. The van der Waals surface area contributed by atoms with Gasteiger partial charge in [0.25, 0.3) is 0 Å². The van der Waals surface area contributed by atoms with Crippen LogP contribution in [-0.2, 0) is 11.3 Å². The molecule has 2 heterocycles. The van der Waals surface area contributed by atoms with Gasteiger partial charge in [-0.2, -0.15) is 10.2 Å². The number of benzene rings is 1. The van der Waals surface area contributed by atoms with E-state index >= 15 is 0 Å². The van der Waals surface area contributed by atoms with Crippen LogP contribution in [0.3, 0.4) is 0 Å². The summed E-state index contributed by atoms with van der Waals surface area (Å²) in [7, 11) is 0. The molecule has 3 aromatic rings. The molecule has 1 aromatic carbocycles. The molecular formula is C20H22IN5O3S. The number of alkyl carbamates (subject to hydrolysis) is 1. The lowest BCUT2D eigenvalue weighted by molar-refractivity contribution is 0.0507. The predicted molar refractivity (Wildman–Crippen MR) is 123 cm³/mol. The molecule has 8 nitrogen and oxygen atoms in total. The van der Waals surface area contributed by atoms with Gasteiger partial charge in [0.05, 0.1) is 23.6 Å². The molecule has 0 spiro atoms. The van der Waals surface area contributed by atoms with Crippen molar-refractivity contribution in [3.8, 4) is 11.3 Å². The van der Waals surface area contributed by atoms with Crippen LogP contribution in [0.2, 0.25) is 0 Å². The lowest BCUT2D eigenvalue weighted by Crippen LogP contribution is -2.34. The fourth-order valence-corrected chi connectivity index (χ4v) is 4.02. The zero-order chi connectivity index (χ0) is 21.7. The molecular weight excluding hydrogens is 517 g/mol. The van der Waals surface area contributed by atoms with Gasteiger partial charge in [0.15, 0.2) is 12.2 Å². The molecule has 10 heteroatoms. The zero-order valence-corrected chi connectivity index (χ0v) is 20.0. The van der Waals surface area contributed by atoms with E-state index in [1.807, 2.05) is 51.3 Å². The number of hydrogen-bond acceptors (Lipinski definition) is 8. The van der Waals surface area contributed by atoms with Gasteiger partial charge in [0, 0.05) is 14.5 Å². The third kappa shape index (κ3) is 6.33. The molecule has 1 amide bonds. The minimum Gasteiger partial charge on any atom is -0.444 e. The first-order valence-electron chi connectivity index (χ1n) is 9.21. The Hall–Kier alpha value is -2.34. The highest BCUT2D eigenvalue weighted by Gasteiger charge is 2.19. The zero-order valence-electron chi connectivity index (χ0n) is 17.0. The number of aromatic nitrogens is 2. The normalized spacial score (nSPS) is 12.8. The maximum absolute atomic E-state index is 11.9. The molecule has 30 heavy (non-hydrogen) atoms. The molecule has 0 aliphatic rings. The third-order valence-corrected chi connectivity index (χ3v) is 5.53. The number of carbonyl (C=O) groups excluding carboxylic acids is 1. The molecule has 158 valence electrons. The average molecular weight is 539 g/mol. The topological polar surface area (TPSA) is 102 Å². The Kier molecular flexibility index (Phi) is 7.19. The van der Waals surface area contributed by atoms with Gasteiger partial charge in [-0.25, -0.2) is 14.8 Å². The summed E-state index contributed by atoms with van der Waals surface area (Å²) in [5.74, 6) is 0.715. The number of hydrogen-bond donors (Lipinski definition) is 1. The number of amides is 1. The van der Waals surface area contributed by atoms with E-state index in [-0.39, 0.29) is 6.04 Å². The SMILES string of the molecule is CC(NC(=O)OC(C)(C)C)c1csc(CN=Nc2ccc(-c3cnco3)c(I)c2)n1. The lowest BCUT2D eigenvalue weighted by atomic mass is 10.2. The van der Waals surface area contributed by atoms with Crippen LogP contribution in [0.1, 0.15) is 44.4 Å². The Morgan fingerprint density at radius 2 is 2.20 bits per heavy atom. The molecule has 0 aliphatic heterocycles. The predicted octanol–water partition coefficient (Wildman–Crippen LogP) is 6.27. The summed E-state index contributed by atoms with van der Waals surface area (Å²) >= 11 is 3.71. The number of azo groups is 1. The Balaban J connectivity index is 1.57. The van der Waals surface area contributed by atoms with Crippen LogP contribution >= 0.6 is 33.9 Å². The average Bonchev–Trinajstić information content (AvgIpc) is 3.32. The fourth-order valence-electron chi connectivity index (χ4n) is 2.45. The summed E-state index contributed by atoms with van der Waals surface area (Å²) in [5, 5.41) is 14.0. The minimum atomic E-state index is -0.539. The molecule has 0 aliphatic carbocycles. The second-order valence-electron chi connectivity index (χ2n) is 7.46. The van der Waals surface area contributed by atoms with Crippen molar-refractivity contribution in [3.05, 3.63) is 50.4 Å². The van der Waals surface area contributed by atoms with Gasteiger partial charge in [-0.3, -0.25) is 0 Å². The molecule has 0 fully saturated rings. The highest BCUT2D eigenvalue weighted by atomic mass is 127. The van der Waals surface area contributed by atoms with Crippen molar-refractivity contribution < 1.29 is 13.9 Å². The van der Waals surface area contributed by atoms with E-state index in [1.165, 1.54) is 17.7 Å². The van der Waals surface area contributed by atoms with Gasteiger partial charge in [-0.15, -0.1) is 11.3 Å². The molecule has 0 bridgehead atoms. The molecule has 0 saturated heterocycles. The van der Waals surface area contributed by atoms with E-state index in [0.29, 0.717) is 12.3 Å². The van der Waals surface area contributed by atoms with E-state index in [2.05, 4.69) is 48.1 Å². The number of nitrogens with one attached hydrogen (secondary N) is 1. The fraction of sp³-hybridized carbons (Fsp3) is 0.350. The summed E-state index contributed by atoms with van der Waals surface area (Å²) in [4.78, 5) is 20.4. The highest BCUT2D eigenvalue weighted by molar-refractivity contribution is 14.1. The van der Waals surface area contributed by atoms with Crippen molar-refractivity contribution in [2.24, 2.45) is 10.2 Å². The van der Waals surface area contributed by atoms with Crippen LogP contribution in [0.4, 0.5) is 10.5 Å². The number of carbonyl (C=O) groups is 1. The number of ether oxygens (including phenoxy) is 1. The smallest absolute Gasteiger partial charge is 0.408 e. The number of oxazole rings is 1. The van der Waals surface area contributed by atoms with E-state index in [9.17, 15) is 4.79 Å². The maximum Gasteiger partial charge on any atom is 0.408 e. The van der Waals surface area contributed by atoms with E-state index in [1.54, 1.807) is 6.20 Å². The van der Waals surface area contributed by atoms with E-state index in [4.69, 9.17) is 9.15 Å². The van der Waals surface area contributed by atoms with Crippen molar-refractivity contribution in [2.75, 3.05) is 0 Å². The summed E-state index contributed by atoms with van der Waals surface area (Å²) in [6, 6.07) is 5.49. The molecule has 0 saturated carbocycles. The van der Waals surface area contributed by atoms with Crippen molar-refractivity contribution in [1.82, 2.24) is 15.3 Å². The number of halogens is 1. The molecule has 3 rings (SSSR count). The van der Waals surface area contributed by atoms with Gasteiger partial charge in [-0.1, -0.05) is 0 Å². The molecule has 1 unspecified atom stereocenters. The monoisotopic (exact) mass is 539 g/mol. The lowest BCUT2D eigenvalue weighted by Gasteiger charge is -2.21. The summed E-state index contributed by atoms with van der Waals surface area (Å²) < 4.78 is 11.6. The molecule has 1 atom stereocenters. The van der Waals surface area contributed by atoms with Gasteiger partial charge in [-0.05, 0) is 68.5 Å². The van der Waals surface area contributed by atoms with Crippen molar-refractivity contribution in [2.45, 2.75) is 45.9 Å². The van der Waals surface area contributed by atoms with Crippen LogP contribution in [0.15, 0.2) is 50.8 Å². The second-order valence-corrected chi connectivity index (χ2v) is 9.57. The quantitative estimate of drug-likeness (QED) is 0.294. The van der Waals surface area contributed by atoms with E-state index < -0.39 is 11.7 Å². The first-order chi connectivity index (χ1) is 14.2. The first-order valence-corrected chi connectivity index (χ1v) is 11.2. The third-order valence-electron chi connectivity index (χ3n) is 3.79. The van der Waals surface area contributed by atoms with Gasteiger partial charge in [0.2, 0.25) is 0 Å². The summed E-state index contributed by atoms with van der Waals surface area (Å²) in [5.41, 5.74) is 1.94. The second kappa shape index (κ2) is 9.65. The summed E-state index contributed by atoms with van der Waals surface area (Å²) in [6.45, 7) is 7.70. The first kappa shape index (κ1) is 22.3. The Morgan fingerprint density at radius 1 is 1.40 bits per heavy atom. The maximum atomic E-state index is 11.9. The van der Waals surface area contributed by atoms with Gasteiger partial charge < -0.3 is 14.5 Å². The number of rotatable bonds is 6. The summed E-state index contributed by atoms with van der Waals surface area (Å²) in [6.07, 6.45) is 2.62. The van der Waals surface area contributed by atoms with Crippen molar-refractivity contribution in [1.29, 1.82) is 0 Å². The van der Waals surface area contributed by atoms with Crippen molar-refractivity contribution >= 4 is 45.7 Å². The number of thiazole rings is 1. The largest absolute Gasteiger partial charge is 0.444 e. The van der Waals surface area contributed by atoms with Crippen LogP contribution in [0.25, 0.3) is 11.3 Å². The van der Waals surface area contributed by atoms with E-state index in [0.717, 1.165) is 25.5 Å². The molecule has 1 N–H and O–H groups in total. The van der Waals surface area contributed by atoms with Crippen LogP contribution in [-0.4, -0.2) is 21.7 Å². The minimum absolute atomic E-state index is 0.257. The van der Waals surface area contributed by atoms with Crippen LogP contribution in [0, 0.1) is 3.57 Å². The molecule has 2 aromatic heterocycles. The van der Waals surface area contributed by atoms with Crippen LogP contribution < -0.4 is 5.32 Å². The standard InChI is InChI=1S/C20H22IN5O3S/c1-12(24-19(27)29-20(2,3)4)16-10-30-18(25-16)9-23-26-13-5-6-14(15(21)7-13)17-8-22-11-28-17/h5-8,10-12H,9H2,1-4H3,(H,24,27). The van der Waals surface area contributed by atoms with Crippen LogP contribution in [0.5, 0.6) is 0 Å². The Labute approximate surface area is 192 Å². The Bertz CT molecular complexity index is 1030. The number of nitrogens with zero attached hydrogens (tertiary/aromatic N) is 4. The van der Waals surface area contributed by atoms with Crippen molar-refractivity contribution in [3.63, 3.8) is 0 Å². The molecule has 0 radical (unpaired) electrons. The van der Waals surface area contributed by atoms with Gasteiger partial charge in [0.1, 0.15) is 17.2 Å². The van der Waals surface area contributed by atoms with Gasteiger partial charge >= 0.3 is 6.09 Å².